The van der Waals surface area contributed by atoms with Crippen molar-refractivity contribution in [1.82, 2.24) is 4.90 Å². The molecule has 0 bridgehead atoms. The summed E-state index contributed by atoms with van der Waals surface area (Å²) in [6.45, 7) is 2.05. The van der Waals surface area contributed by atoms with Crippen molar-refractivity contribution in [1.29, 1.82) is 0 Å². The molecular weight excluding hydrogens is 212 g/mol. The largest absolute Gasteiger partial charge is 0.338 e. The lowest BCUT2D eigenvalue weighted by Crippen LogP contribution is -2.41. The maximum atomic E-state index is 11.7. The monoisotopic (exact) mass is 222 g/mol. The van der Waals surface area contributed by atoms with Crippen LogP contribution in [0.3, 0.4) is 0 Å². The van der Waals surface area contributed by atoms with Crippen molar-refractivity contribution in [3.8, 4) is 0 Å². The van der Waals surface area contributed by atoms with Crippen LogP contribution in [-0.2, 0) is 6.54 Å². The first-order valence-corrected chi connectivity index (χ1v) is 5.52. The molecule has 6 heteroatoms. The molecule has 5 nitrogen and oxygen atoms in total. The Labute approximate surface area is 90.9 Å². The molecule has 0 N–H and O–H groups in total. The van der Waals surface area contributed by atoms with E-state index in [1.807, 2.05) is 11.0 Å². The Hall–Kier alpha value is -1.52. The lowest BCUT2D eigenvalue weighted by atomic mass is 10.2. The number of rotatable bonds is 3. The third-order valence-electron chi connectivity index (χ3n) is 2.31. The van der Waals surface area contributed by atoms with E-state index in [1.54, 1.807) is 6.07 Å². The predicted octanol–water partition coefficient (Wildman–Crippen LogP) is 2.40. The van der Waals surface area contributed by atoms with Gasteiger partial charge in [0.25, 0.3) is 5.91 Å². The van der Waals surface area contributed by atoms with Crippen molar-refractivity contribution in [2.75, 3.05) is 13.1 Å². The lowest BCUT2D eigenvalue weighted by Gasteiger charge is -2.30. The quantitative estimate of drug-likeness (QED) is 0.440. The van der Waals surface area contributed by atoms with Gasteiger partial charge in [-0.2, -0.15) is 0 Å². The Morgan fingerprint density at radius 3 is 3.00 bits per heavy atom. The highest BCUT2D eigenvalue weighted by Gasteiger charge is 2.22. The molecule has 0 atom stereocenters. The predicted molar refractivity (Wildman–Crippen MR) is 57.7 cm³/mol. The van der Waals surface area contributed by atoms with Crippen LogP contribution in [0.4, 0.5) is 0 Å². The van der Waals surface area contributed by atoms with Crippen LogP contribution in [0.2, 0.25) is 0 Å². The smallest absolute Gasteiger partial charge is 0.263 e. The van der Waals surface area contributed by atoms with Crippen LogP contribution in [0.5, 0.6) is 0 Å². The van der Waals surface area contributed by atoms with Gasteiger partial charge in [-0.3, -0.25) is 4.79 Å². The van der Waals surface area contributed by atoms with Gasteiger partial charge in [0.1, 0.15) is 0 Å². The second-order valence-electron chi connectivity index (χ2n) is 3.30. The number of amides is 1. The summed E-state index contributed by atoms with van der Waals surface area (Å²) in [6.07, 6.45) is 1.10. The van der Waals surface area contributed by atoms with Crippen LogP contribution in [0.1, 0.15) is 21.0 Å². The van der Waals surface area contributed by atoms with Gasteiger partial charge in [-0.1, -0.05) is 5.11 Å². The summed E-state index contributed by atoms with van der Waals surface area (Å²) in [5.74, 6) is 0.0958. The molecule has 78 valence electrons. The Bertz CT molecular complexity index is 418. The number of carbonyl (C=O) groups excluding carboxylic acids is 1. The van der Waals surface area contributed by atoms with Crippen LogP contribution < -0.4 is 0 Å². The van der Waals surface area contributed by atoms with Gasteiger partial charge in [0.2, 0.25) is 0 Å². The SMILES string of the molecule is [N-]=[N+]=NCc1ccc(C(=O)N2CCC2)s1. The minimum Gasteiger partial charge on any atom is -0.338 e. The fraction of sp³-hybridized carbons (Fsp3) is 0.444. The van der Waals surface area contributed by atoms with E-state index in [0.717, 1.165) is 29.3 Å². The third kappa shape index (κ3) is 2.11. The summed E-state index contributed by atoms with van der Waals surface area (Å²) < 4.78 is 0. The molecule has 1 aromatic rings. The van der Waals surface area contributed by atoms with Gasteiger partial charge in [-0.15, -0.1) is 11.3 Å². The van der Waals surface area contributed by atoms with Gasteiger partial charge in [0.05, 0.1) is 11.4 Å². The number of hydrogen-bond donors (Lipinski definition) is 0. The molecule has 0 unspecified atom stereocenters. The first kappa shape index (κ1) is 10.0. The van der Waals surface area contributed by atoms with E-state index in [0.29, 0.717) is 6.54 Å². The van der Waals surface area contributed by atoms with E-state index in [1.165, 1.54) is 11.3 Å². The number of carbonyl (C=O) groups is 1. The van der Waals surface area contributed by atoms with E-state index in [2.05, 4.69) is 10.0 Å². The molecule has 2 rings (SSSR count). The molecule has 0 radical (unpaired) electrons. The van der Waals surface area contributed by atoms with Crippen LogP contribution >= 0.6 is 11.3 Å². The molecular formula is C9H10N4OS. The first-order chi connectivity index (χ1) is 7.31. The Morgan fingerprint density at radius 2 is 2.40 bits per heavy atom. The molecule has 0 aliphatic carbocycles. The molecule has 1 aliphatic heterocycles. The van der Waals surface area contributed by atoms with Crippen LogP contribution in [0.15, 0.2) is 17.2 Å². The van der Waals surface area contributed by atoms with Crippen molar-refractivity contribution < 1.29 is 4.79 Å². The van der Waals surface area contributed by atoms with Gasteiger partial charge in [-0.05, 0) is 24.1 Å². The minimum atomic E-state index is 0.0958. The van der Waals surface area contributed by atoms with E-state index < -0.39 is 0 Å². The Morgan fingerprint density at radius 1 is 1.60 bits per heavy atom. The lowest BCUT2D eigenvalue weighted by molar-refractivity contribution is 0.0657. The molecule has 1 saturated heterocycles. The standard InChI is InChI=1S/C9H10N4OS/c10-12-11-6-7-2-3-8(15-7)9(14)13-4-1-5-13/h2-3H,1,4-6H2. The van der Waals surface area contributed by atoms with E-state index >= 15 is 0 Å². The van der Waals surface area contributed by atoms with Gasteiger partial charge in [-0.25, -0.2) is 0 Å². The summed E-state index contributed by atoms with van der Waals surface area (Å²) in [4.78, 5) is 17.9. The molecule has 0 aromatic carbocycles. The number of likely N-dealkylation sites (tertiary alicyclic amines) is 1. The normalized spacial score (nSPS) is 14.3. The third-order valence-corrected chi connectivity index (χ3v) is 3.36. The van der Waals surface area contributed by atoms with E-state index in [-0.39, 0.29) is 5.91 Å². The van der Waals surface area contributed by atoms with Crippen molar-refractivity contribution in [3.63, 3.8) is 0 Å². The average molecular weight is 222 g/mol. The second-order valence-corrected chi connectivity index (χ2v) is 4.47. The Balaban J connectivity index is 2.05. The second kappa shape index (κ2) is 4.33. The van der Waals surface area contributed by atoms with Gasteiger partial charge >= 0.3 is 0 Å². The number of nitrogens with zero attached hydrogens (tertiary/aromatic N) is 4. The van der Waals surface area contributed by atoms with Crippen molar-refractivity contribution in [3.05, 3.63) is 32.3 Å². The molecule has 1 fully saturated rings. The summed E-state index contributed by atoms with van der Waals surface area (Å²) in [5.41, 5.74) is 8.17. The molecule has 1 amide bonds. The zero-order chi connectivity index (χ0) is 10.7. The van der Waals surface area contributed by atoms with Gasteiger partial charge in [0, 0.05) is 22.9 Å². The fourth-order valence-electron chi connectivity index (χ4n) is 1.35. The van der Waals surface area contributed by atoms with Crippen LogP contribution in [0.25, 0.3) is 10.4 Å². The average Bonchev–Trinajstić information content (AvgIpc) is 2.60. The summed E-state index contributed by atoms with van der Waals surface area (Å²) in [5, 5.41) is 3.46. The number of thiophene rings is 1. The summed E-state index contributed by atoms with van der Waals surface area (Å²) in [6, 6.07) is 3.64. The molecule has 2 heterocycles. The number of azide groups is 1. The molecule has 0 spiro atoms. The highest BCUT2D eigenvalue weighted by molar-refractivity contribution is 7.14. The highest BCUT2D eigenvalue weighted by atomic mass is 32.1. The van der Waals surface area contributed by atoms with Crippen molar-refractivity contribution in [2.24, 2.45) is 5.11 Å². The summed E-state index contributed by atoms with van der Waals surface area (Å²) >= 11 is 1.40. The van der Waals surface area contributed by atoms with Gasteiger partial charge < -0.3 is 4.90 Å². The Kier molecular flexibility index (Phi) is 2.89. The van der Waals surface area contributed by atoms with Gasteiger partial charge in [0.15, 0.2) is 0 Å². The molecule has 1 aromatic heterocycles. The maximum Gasteiger partial charge on any atom is 0.263 e. The van der Waals surface area contributed by atoms with E-state index in [4.69, 9.17) is 5.53 Å². The topological polar surface area (TPSA) is 69.1 Å². The minimum absolute atomic E-state index is 0.0958. The van der Waals surface area contributed by atoms with Crippen molar-refractivity contribution in [2.45, 2.75) is 13.0 Å². The maximum absolute atomic E-state index is 11.7. The molecule has 15 heavy (non-hydrogen) atoms. The zero-order valence-corrected chi connectivity index (χ0v) is 8.90. The zero-order valence-electron chi connectivity index (χ0n) is 8.09. The van der Waals surface area contributed by atoms with E-state index in [9.17, 15) is 4.79 Å². The highest BCUT2D eigenvalue weighted by Crippen LogP contribution is 2.21. The number of hydrogen-bond acceptors (Lipinski definition) is 3. The first-order valence-electron chi connectivity index (χ1n) is 4.70. The van der Waals surface area contributed by atoms with Crippen LogP contribution in [-0.4, -0.2) is 23.9 Å². The summed E-state index contributed by atoms with van der Waals surface area (Å²) in [7, 11) is 0. The molecule has 1 aliphatic rings. The van der Waals surface area contributed by atoms with Crippen LogP contribution in [0, 0.1) is 0 Å². The fourth-order valence-corrected chi connectivity index (χ4v) is 2.25. The molecule has 0 saturated carbocycles. The van der Waals surface area contributed by atoms with Crippen molar-refractivity contribution >= 4 is 17.2 Å².